The third kappa shape index (κ3) is 5.07. The average Bonchev–Trinajstić information content (AvgIpc) is 3.18. The van der Waals surface area contributed by atoms with Crippen LogP contribution >= 0.6 is 35.4 Å². The van der Waals surface area contributed by atoms with Crippen molar-refractivity contribution in [3.8, 4) is 0 Å². The Labute approximate surface area is 162 Å². The highest BCUT2D eigenvalue weighted by Gasteiger charge is 2.15. The van der Waals surface area contributed by atoms with Crippen LogP contribution in [-0.4, -0.2) is 34.1 Å². The van der Waals surface area contributed by atoms with Crippen molar-refractivity contribution in [3.63, 3.8) is 0 Å². The minimum absolute atomic E-state index is 0.242. The predicted octanol–water partition coefficient (Wildman–Crippen LogP) is 4.01. The van der Waals surface area contributed by atoms with E-state index in [1.807, 2.05) is 29.8 Å². The Balaban J connectivity index is 1.58. The molecule has 1 atom stereocenters. The zero-order valence-corrected chi connectivity index (χ0v) is 16.2. The molecule has 8 heteroatoms. The SMILES string of the molecule is Cc1cc(NC(=S)NCC2CCCO2)nn1Cc1ccc(Cl)cc1Cl. The van der Waals surface area contributed by atoms with Gasteiger partial charge in [0.2, 0.25) is 0 Å². The van der Waals surface area contributed by atoms with Crippen molar-refractivity contribution in [2.24, 2.45) is 0 Å². The van der Waals surface area contributed by atoms with Crippen LogP contribution in [0.15, 0.2) is 24.3 Å². The number of benzene rings is 1. The maximum Gasteiger partial charge on any atom is 0.172 e. The van der Waals surface area contributed by atoms with E-state index in [1.165, 1.54) is 0 Å². The average molecular weight is 399 g/mol. The Morgan fingerprint density at radius 1 is 1.40 bits per heavy atom. The van der Waals surface area contributed by atoms with Crippen LogP contribution in [0.4, 0.5) is 5.82 Å². The summed E-state index contributed by atoms with van der Waals surface area (Å²) in [4.78, 5) is 0. The van der Waals surface area contributed by atoms with Crippen LogP contribution in [0.1, 0.15) is 24.1 Å². The van der Waals surface area contributed by atoms with Gasteiger partial charge in [-0.25, -0.2) is 0 Å². The quantitative estimate of drug-likeness (QED) is 0.744. The van der Waals surface area contributed by atoms with Gasteiger partial charge in [0.25, 0.3) is 0 Å². The van der Waals surface area contributed by atoms with E-state index in [4.69, 9.17) is 40.2 Å². The third-order valence-corrected chi connectivity index (χ3v) is 4.91. The van der Waals surface area contributed by atoms with E-state index >= 15 is 0 Å². The van der Waals surface area contributed by atoms with E-state index in [9.17, 15) is 0 Å². The number of nitrogens with one attached hydrogen (secondary N) is 2. The number of nitrogens with zero attached hydrogens (tertiary/aromatic N) is 2. The van der Waals surface area contributed by atoms with Gasteiger partial charge in [-0.3, -0.25) is 4.68 Å². The van der Waals surface area contributed by atoms with E-state index in [2.05, 4.69) is 15.7 Å². The topological polar surface area (TPSA) is 51.1 Å². The number of aryl methyl sites for hydroxylation is 1. The summed E-state index contributed by atoms with van der Waals surface area (Å²) in [5, 5.41) is 12.6. The van der Waals surface area contributed by atoms with Crippen LogP contribution in [-0.2, 0) is 11.3 Å². The summed E-state index contributed by atoms with van der Waals surface area (Å²) in [5.74, 6) is 0.701. The van der Waals surface area contributed by atoms with Crippen LogP contribution in [0.3, 0.4) is 0 Å². The van der Waals surface area contributed by atoms with E-state index < -0.39 is 0 Å². The molecule has 0 bridgehead atoms. The van der Waals surface area contributed by atoms with Crippen LogP contribution in [0.2, 0.25) is 10.0 Å². The lowest BCUT2D eigenvalue weighted by atomic mass is 10.2. The molecule has 1 saturated heterocycles. The van der Waals surface area contributed by atoms with Gasteiger partial charge in [-0.2, -0.15) is 5.10 Å². The van der Waals surface area contributed by atoms with Gasteiger partial charge in [-0.15, -0.1) is 0 Å². The van der Waals surface area contributed by atoms with Gasteiger partial charge < -0.3 is 15.4 Å². The first-order valence-corrected chi connectivity index (χ1v) is 9.32. The number of ether oxygens (including phenoxy) is 1. The van der Waals surface area contributed by atoms with Crippen LogP contribution in [0.5, 0.6) is 0 Å². The molecule has 0 radical (unpaired) electrons. The molecule has 134 valence electrons. The van der Waals surface area contributed by atoms with Crippen LogP contribution < -0.4 is 10.6 Å². The maximum absolute atomic E-state index is 6.24. The highest BCUT2D eigenvalue weighted by Crippen LogP contribution is 2.22. The first kappa shape index (κ1) is 18.5. The zero-order valence-electron chi connectivity index (χ0n) is 13.9. The smallest absolute Gasteiger partial charge is 0.172 e. The molecule has 2 heterocycles. The predicted molar refractivity (Wildman–Crippen MR) is 106 cm³/mol. The van der Waals surface area contributed by atoms with Gasteiger partial charge in [0.1, 0.15) is 0 Å². The maximum atomic E-state index is 6.24. The number of hydrogen-bond donors (Lipinski definition) is 2. The molecule has 25 heavy (non-hydrogen) atoms. The van der Waals surface area contributed by atoms with Crippen molar-refractivity contribution < 1.29 is 4.74 Å². The molecular weight excluding hydrogens is 379 g/mol. The molecule has 1 aromatic carbocycles. The Hall–Kier alpha value is -1.34. The molecule has 1 unspecified atom stereocenters. The summed E-state index contributed by atoms with van der Waals surface area (Å²) in [6.07, 6.45) is 2.43. The number of anilines is 1. The number of rotatable bonds is 5. The second-order valence-corrected chi connectivity index (χ2v) is 7.29. The molecule has 1 fully saturated rings. The van der Waals surface area contributed by atoms with Crippen molar-refractivity contribution >= 4 is 46.4 Å². The summed E-state index contributed by atoms with van der Waals surface area (Å²) < 4.78 is 7.45. The number of thiocarbonyl (C=S) groups is 1. The lowest BCUT2D eigenvalue weighted by molar-refractivity contribution is 0.114. The van der Waals surface area contributed by atoms with Gasteiger partial charge in [0, 0.05) is 35.0 Å². The highest BCUT2D eigenvalue weighted by atomic mass is 35.5. The molecule has 2 aromatic rings. The van der Waals surface area contributed by atoms with Crippen molar-refractivity contribution in [3.05, 3.63) is 45.6 Å². The molecule has 0 saturated carbocycles. The van der Waals surface area contributed by atoms with Crippen LogP contribution in [0, 0.1) is 6.92 Å². The Morgan fingerprint density at radius 3 is 2.96 bits per heavy atom. The first-order chi connectivity index (χ1) is 12.0. The number of hydrogen-bond acceptors (Lipinski definition) is 3. The van der Waals surface area contributed by atoms with Gasteiger partial charge in [-0.1, -0.05) is 29.3 Å². The molecule has 0 spiro atoms. The summed E-state index contributed by atoms with van der Waals surface area (Å²) in [6, 6.07) is 7.42. The summed E-state index contributed by atoms with van der Waals surface area (Å²) in [6.45, 7) is 4.11. The third-order valence-electron chi connectivity index (χ3n) is 4.07. The second kappa shape index (κ2) is 8.36. The standard InChI is InChI=1S/C17H20Cl2N4OS/c1-11-7-16(21-17(25)20-9-14-3-2-6-24-14)22-23(11)10-12-4-5-13(18)8-15(12)19/h4-5,7-8,14H,2-3,6,9-10H2,1H3,(H2,20,21,22,25). The molecule has 3 rings (SSSR count). The lowest BCUT2D eigenvalue weighted by Gasteiger charge is -2.12. The normalized spacial score (nSPS) is 16.8. The van der Waals surface area contributed by atoms with Crippen molar-refractivity contribution in [2.45, 2.75) is 32.4 Å². The van der Waals surface area contributed by atoms with Crippen molar-refractivity contribution in [2.75, 3.05) is 18.5 Å². The fraction of sp³-hybridized carbons (Fsp3) is 0.412. The molecule has 1 aliphatic rings. The summed E-state index contributed by atoms with van der Waals surface area (Å²) >= 11 is 17.5. The first-order valence-electron chi connectivity index (χ1n) is 8.16. The molecule has 0 aliphatic carbocycles. The van der Waals surface area contributed by atoms with E-state index in [-0.39, 0.29) is 6.10 Å². The zero-order chi connectivity index (χ0) is 17.8. The molecule has 0 amide bonds. The lowest BCUT2D eigenvalue weighted by Crippen LogP contribution is -2.34. The number of aromatic nitrogens is 2. The van der Waals surface area contributed by atoms with Gasteiger partial charge in [-0.05, 0) is 49.7 Å². The van der Waals surface area contributed by atoms with Gasteiger partial charge in [0.05, 0.1) is 12.6 Å². The van der Waals surface area contributed by atoms with Crippen molar-refractivity contribution in [1.29, 1.82) is 0 Å². The molecule has 1 aliphatic heterocycles. The Morgan fingerprint density at radius 2 is 2.24 bits per heavy atom. The van der Waals surface area contributed by atoms with Crippen LogP contribution in [0.25, 0.3) is 0 Å². The fourth-order valence-electron chi connectivity index (χ4n) is 2.71. The largest absolute Gasteiger partial charge is 0.376 e. The molecule has 5 nitrogen and oxygen atoms in total. The van der Waals surface area contributed by atoms with E-state index in [1.54, 1.807) is 6.07 Å². The highest BCUT2D eigenvalue weighted by molar-refractivity contribution is 7.80. The molecular formula is C17H20Cl2N4OS. The minimum Gasteiger partial charge on any atom is -0.376 e. The molecule has 2 N–H and O–H groups in total. The van der Waals surface area contributed by atoms with Crippen molar-refractivity contribution in [1.82, 2.24) is 15.1 Å². The number of halogens is 2. The fourth-order valence-corrected chi connectivity index (χ4v) is 3.37. The Bertz CT molecular complexity index is 759. The van der Waals surface area contributed by atoms with E-state index in [0.29, 0.717) is 34.1 Å². The Kier molecular flexibility index (Phi) is 6.17. The molecule has 1 aromatic heterocycles. The minimum atomic E-state index is 0.242. The van der Waals surface area contributed by atoms with Gasteiger partial charge in [0.15, 0.2) is 10.9 Å². The second-order valence-electron chi connectivity index (χ2n) is 6.03. The van der Waals surface area contributed by atoms with Gasteiger partial charge >= 0.3 is 0 Å². The monoisotopic (exact) mass is 398 g/mol. The van der Waals surface area contributed by atoms with E-state index in [0.717, 1.165) is 30.7 Å². The summed E-state index contributed by atoms with van der Waals surface area (Å²) in [5.41, 5.74) is 1.97. The summed E-state index contributed by atoms with van der Waals surface area (Å²) in [7, 11) is 0.